The molecule has 4 aromatic rings. The van der Waals surface area contributed by atoms with Crippen LogP contribution in [0.25, 0.3) is 11.1 Å². The summed E-state index contributed by atoms with van der Waals surface area (Å²) in [6.07, 6.45) is 6.31. The number of aliphatic hydroxyl groups excluding tert-OH is 1. The molecule has 4 unspecified atom stereocenters. The molecule has 1 saturated heterocycles. The number of carbonyl (C=O) groups excluding carboxylic acids is 1. The predicted molar refractivity (Wildman–Crippen MR) is 194 cm³/mol. The summed E-state index contributed by atoms with van der Waals surface area (Å²) in [6, 6.07) is 35.0. The van der Waals surface area contributed by atoms with Gasteiger partial charge in [-0.05, 0) is 52.3 Å². The fourth-order valence-electron chi connectivity index (χ4n) is 7.08. The van der Waals surface area contributed by atoms with Gasteiger partial charge in [0.25, 0.3) is 0 Å². The third-order valence-corrected chi connectivity index (χ3v) is 9.93. The zero-order valence-corrected chi connectivity index (χ0v) is 28.5. The summed E-state index contributed by atoms with van der Waals surface area (Å²) >= 11 is 0. The van der Waals surface area contributed by atoms with Crippen LogP contribution in [0.2, 0.25) is 0 Å². The van der Waals surface area contributed by atoms with Crippen LogP contribution in [-0.4, -0.2) is 41.3 Å². The Balaban J connectivity index is 1.15. The van der Waals surface area contributed by atoms with E-state index in [1.54, 1.807) is 0 Å². The van der Waals surface area contributed by atoms with Crippen molar-refractivity contribution in [1.29, 1.82) is 0 Å². The van der Waals surface area contributed by atoms with Crippen LogP contribution in [0.15, 0.2) is 116 Å². The van der Waals surface area contributed by atoms with Crippen molar-refractivity contribution in [2.75, 3.05) is 13.1 Å². The van der Waals surface area contributed by atoms with Gasteiger partial charge in [-0.3, -0.25) is 4.90 Å². The van der Waals surface area contributed by atoms with Gasteiger partial charge >= 0.3 is 6.03 Å². The molecule has 1 aliphatic heterocycles. The molecule has 2 aliphatic rings. The Morgan fingerprint density at radius 2 is 1.49 bits per heavy atom. The minimum atomic E-state index is -0.517. The van der Waals surface area contributed by atoms with Crippen LogP contribution >= 0.6 is 0 Å². The van der Waals surface area contributed by atoms with Crippen LogP contribution in [0, 0.1) is 5.92 Å². The number of nitrogens with one attached hydrogen (secondary N) is 2. The minimum Gasteiger partial charge on any atom is -0.392 e. The molecule has 0 bridgehead atoms. The number of urea groups is 1. The van der Waals surface area contributed by atoms with Gasteiger partial charge in [0.2, 0.25) is 0 Å². The fourth-order valence-corrected chi connectivity index (χ4v) is 7.08. The summed E-state index contributed by atoms with van der Waals surface area (Å²) in [6.45, 7) is 8.88. The second-order valence-electron chi connectivity index (χ2n) is 13.3. The molecule has 3 N–H and O–H groups in total. The van der Waals surface area contributed by atoms with E-state index in [9.17, 15) is 9.90 Å². The quantitative estimate of drug-likeness (QED) is 0.127. The first-order valence-electron chi connectivity index (χ1n) is 17.6. The van der Waals surface area contributed by atoms with Crippen LogP contribution in [0.4, 0.5) is 4.79 Å². The highest BCUT2D eigenvalue weighted by Crippen LogP contribution is 2.42. The van der Waals surface area contributed by atoms with E-state index in [0.29, 0.717) is 19.1 Å². The molecule has 1 saturated carbocycles. The zero-order valence-electron chi connectivity index (χ0n) is 28.5. The molecule has 49 heavy (non-hydrogen) atoms. The maximum absolute atomic E-state index is 12.4. The summed E-state index contributed by atoms with van der Waals surface area (Å²) in [5.41, 5.74) is 7.19. The van der Waals surface area contributed by atoms with E-state index in [4.69, 9.17) is 9.47 Å². The van der Waals surface area contributed by atoms with Crippen LogP contribution in [0.5, 0.6) is 0 Å². The van der Waals surface area contributed by atoms with E-state index < -0.39 is 6.29 Å². The summed E-state index contributed by atoms with van der Waals surface area (Å²) in [7, 11) is 0. The zero-order chi connectivity index (χ0) is 34.0. The van der Waals surface area contributed by atoms with E-state index in [0.717, 1.165) is 52.0 Å². The lowest BCUT2D eigenvalue weighted by Crippen LogP contribution is -2.47. The number of benzene rings is 4. The van der Waals surface area contributed by atoms with E-state index in [2.05, 4.69) is 77.6 Å². The molecule has 7 heteroatoms. The monoisotopic (exact) mass is 659 g/mol. The molecule has 7 nitrogen and oxygen atoms in total. The van der Waals surface area contributed by atoms with Crippen molar-refractivity contribution in [1.82, 2.24) is 15.5 Å². The molecule has 4 aromatic carbocycles. The average Bonchev–Trinajstić information content (AvgIpc) is 3.70. The van der Waals surface area contributed by atoms with Gasteiger partial charge in [0.15, 0.2) is 6.29 Å². The molecular weight excluding hydrogens is 610 g/mol. The number of rotatable bonds is 13. The molecule has 2 amide bonds. The van der Waals surface area contributed by atoms with E-state index >= 15 is 0 Å². The molecule has 4 atom stereocenters. The van der Waals surface area contributed by atoms with Crippen molar-refractivity contribution < 1.29 is 19.4 Å². The third-order valence-electron chi connectivity index (χ3n) is 9.93. The first-order chi connectivity index (χ1) is 24.0. The van der Waals surface area contributed by atoms with Gasteiger partial charge in [-0.15, -0.1) is 6.58 Å². The molecule has 0 radical (unpaired) electrons. The summed E-state index contributed by atoms with van der Waals surface area (Å²) in [5.74, 6) is 0.126. The van der Waals surface area contributed by atoms with Crippen LogP contribution < -0.4 is 10.6 Å². The van der Waals surface area contributed by atoms with Gasteiger partial charge in [-0.25, -0.2) is 4.79 Å². The van der Waals surface area contributed by atoms with E-state index in [1.165, 1.54) is 25.7 Å². The highest BCUT2D eigenvalue weighted by molar-refractivity contribution is 5.74. The molecule has 0 spiro atoms. The second-order valence-corrected chi connectivity index (χ2v) is 13.3. The lowest BCUT2D eigenvalue weighted by atomic mass is 9.89. The maximum Gasteiger partial charge on any atom is 0.315 e. The number of nitrogens with zero attached hydrogens (tertiary/aromatic N) is 1. The molecule has 256 valence electrons. The van der Waals surface area contributed by atoms with Gasteiger partial charge in [0, 0.05) is 43.7 Å². The molecule has 1 aliphatic carbocycles. The standard InChI is InChI=1S/C42H49N3O4/c1-3-24-45(38-14-7-8-15-38)28-39-30(2)40(35-18-16-32(29-46)17-19-35)49-41(48-39)36-22-20-34(21-23-36)37-13-9-12-33(25-37)27-44-42(47)43-26-31-10-5-4-6-11-31/h3-6,9-13,16-23,25,30,38-41,46H,1,7-8,14-15,24,26-29H2,2H3,(H2,43,44,47). The van der Waals surface area contributed by atoms with Crippen LogP contribution in [0.3, 0.4) is 0 Å². The third kappa shape index (κ3) is 9.05. The molecule has 6 rings (SSSR count). The fraction of sp³-hybridized carbons (Fsp3) is 0.357. The van der Waals surface area contributed by atoms with Crippen molar-refractivity contribution in [2.24, 2.45) is 5.92 Å². The number of hydrogen-bond acceptors (Lipinski definition) is 5. The Morgan fingerprint density at radius 1 is 0.816 bits per heavy atom. The number of hydrogen-bond donors (Lipinski definition) is 3. The van der Waals surface area contributed by atoms with Crippen molar-refractivity contribution in [3.8, 4) is 11.1 Å². The molecular formula is C42H49N3O4. The lowest BCUT2D eigenvalue weighted by molar-refractivity contribution is -0.276. The summed E-state index contributed by atoms with van der Waals surface area (Å²) in [4.78, 5) is 15.0. The smallest absolute Gasteiger partial charge is 0.315 e. The van der Waals surface area contributed by atoms with E-state index in [-0.39, 0.29) is 30.8 Å². The largest absolute Gasteiger partial charge is 0.392 e. The Kier molecular flexibility index (Phi) is 11.9. The predicted octanol–water partition coefficient (Wildman–Crippen LogP) is 8.07. The van der Waals surface area contributed by atoms with Crippen molar-refractivity contribution in [3.05, 3.63) is 144 Å². The van der Waals surface area contributed by atoms with Crippen molar-refractivity contribution in [2.45, 2.75) is 76.8 Å². The Hall–Kier alpha value is -4.27. The van der Waals surface area contributed by atoms with E-state index in [1.807, 2.05) is 60.7 Å². The first kappa shape index (κ1) is 34.6. The first-order valence-corrected chi connectivity index (χ1v) is 17.6. The number of amides is 2. The van der Waals surface area contributed by atoms with Gasteiger partial charge < -0.3 is 25.2 Å². The lowest BCUT2D eigenvalue weighted by Gasteiger charge is -2.43. The molecule has 1 heterocycles. The maximum atomic E-state index is 12.4. The normalized spacial score (nSPS) is 21.0. The van der Waals surface area contributed by atoms with Crippen molar-refractivity contribution >= 4 is 6.03 Å². The number of carbonyl (C=O) groups is 1. The Morgan fingerprint density at radius 3 is 2.18 bits per heavy atom. The highest BCUT2D eigenvalue weighted by atomic mass is 16.7. The van der Waals surface area contributed by atoms with Crippen LogP contribution in [-0.2, 0) is 29.2 Å². The molecule has 0 aromatic heterocycles. The summed E-state index contributed by atoms with van der Waals surface area (Å²) < 4.78 is 13.5. The summed E-state index contributed by atoms with van der Waals surface area (Å²) in [5, 5.41) is 15.5. The second kappa shape index (κ2) is 16.9. The van der Waals surface area contributed by atoms with Gasteiger partial charge in [-0.2, -0.15) is 0 Å². The average molecular weight is 660 g/mol. The SMILES string of the molecule is C=CCN(CC1OC(c2ccc(-c3cccc(CNC(=O)NCc4ccccc4)c3)cc2)OC(c2ccc(CO)cc2)C1C)C1CCCC1. The van der Waals surface area contributed by atoms with Crippen LogP contribution in [0.1, 0.15) is 72.8 Å². The van der Waals surface area contributed by atoms with Gasteiger partial charge in [0.05, 0.1) is 18.8 Å². The molecule has 2 fully saturated rings. The topological polar surface area (TPSA) is 83.1 Å². The van der Waals surface area contributed by atoms with Gasteiger partial charge in [-0.1, -0.05) is 123 Å². The minimum absolute atomic E-state index is 0.0173. The Labute approximate surface area is 291 Å². The Bertz CT molecular complexity index is 1640. The number of ether oxygens (including phenoxy) is 2. The number of aliphatic hydroxyl groups is 1. The van der Waals surface area contributed by atoms with Crippen molar-refractivity contribution in [3.63, 3.8) is 0 Å². The highest BCUT2D eigenvalue weighted by Gasteiger charge is 2.40. The van der Waals surface area contributed by atoms with Gasteiger partial charge in [0.1, 0.15) is 0 Å².